The topological polar surface area (TPSA) is 52.9 Å². The monoisotopic (exact) mass is 422 g/mol. The lowest BCUT2D eigenvalue weighted by Crippen LogP contribution is -2.26. The first kappa shape index (κ1) is 21.0. The molecule has 0 aliphatic heterocycles. The van der Waals surface area contributed by atoms with Gasteiger partial charge in [0.2, 0.25) is 0 Å². The Morgan fingerprint density at radius 2 is 1.66 bits per heavy atom. The number of rotatable bonds is 8. The quantitative estimate of drug-likeness (QED) is 0.486. The Morgan fingerprint density at radius 3 is 2.45 bits per heavy atom. The van der Waals surface area contributed by atoms with Crippen LogP contribution in [0.3, 0.4) is 0 Å². The molecule has 1 N–H and O–H groups in total. The average Bonchev–Trinajstić information content (AvgIpc) is 2.75. The van der Waals surface area contributed by atoms with Crippen LogP contribution in [0.2, 0.25) is 0 Å². The molecule has 1 amide bonds. The van der Waals surface area contributed by atoms with E-state index in [1.54, 1.807) is 36.0 Å². The minimum Gasteiger partial charge on any atom is -0.351 e. The first-order chi connectivity index (χ1) is 14.2. The SMILES string of the molecule is N#Cc1ccccc1Sc1ccccc1C(=O)NCCSCc1ccccc1F. The Labute approximate surface area is 178 Å². The van der Waals surface area contributed by atoms with Gasteiger partial charge in [-0.25, -0.2) is 4.39 Å². The summed E-state index contributed by atoms with van der Waals surface area (Å²) in [5.74, 6) is 0.897. The number of hydrogen-bond acceptors (Lipinski definition) is 4. The molecule has 0 radical (unpaired) electrons. The van der Waals surface area contributed by atoms with Crippen molar-refractivity contribution in [3.8, 4) is 6.07 Å². The van der Waals surface area contributed by atoms with Crippen LogP contribution in [-0.2, 0) is 5.75 Å². The number of nitrogens with zero attached hydrogens (tertiary/aromatic N) is 1. The summed E-state index contributed by atoms with van der Waals surface area (Å²) >= 11 is 2.98. The first-order valence-corrected chi connectivity index (χ1v) is 11.0. The van der Waals surface area contributed by atoms with Crippen molar-refractivity contribution in [3.05, 3.63) is 95.3 Å². The van der Waals surface area contributed by atoms with Crippen LogP contribution in [0.15, 0.2) is 82.6 Å². The number of benzene rings is 3. The third-order valence-electron chi connectivity index (χ3n) is 4.11. The number of carbonyl (C=O) groups excluding carboxylic acids is 1. The molecular weight excluding hydrogens is 403 g/mol. The molecule has 3 rings (SSSR count). The van der Waals surface area contributed by atoms with Crippen LogP contribution in [-0.4, -0.2) is 18.2 Å². The maximum absolute atomic E-state index is 13.6. The molecule has 0 saturated heterocycles. The van der Waals surface area contributed by atoms with Crippen LogP contribution in [0, 0.1) is 17.1 Å². The highest BCUT2D eigenvalue weighted by molar-refractivity contribution is 7.99. The van der Waals surface area contributed by atoms with Crippen LogP contribution in [0.1, 0.15) is 21.5 Å². The third-order valence-corrected chi connectivity index (χ3v) is 6.27. The van der Waals surface area contributed by atoms with Crippen molar-refractivity contribution in [1.29, 1.82) is 5.26 Å². The highest BCUT2D eigenvalue weighted by atomic mass is 32.2. The molecule has 6 heteroatoms. The van der Waals surface area contributed by atoms with Gasteiger partial charge in [0, 0.05) is 27.8 Å². The summed E-state index contributed by atoms with van der Waals surface area (Å²) in [5.41, 5.74) is 1.82. The summed E-state index contributed by atoms with van der Waals surface area (Å²) in [6, 6.07) is 23.6. The van der Waals surface area contributed by atoms with E-state index in [0.29, 0.717) is 34.7 Å². The molecule has 3 nitrogen and oxygen atoms in total. The highest BCUT2D eigenvalue weighted by Gasteiger charge is 2.13. The Balaban J connectivity index is 1.56. The molecule has 0 saturated carbocycles. The van der Waals surface area contributed by atoms with Crippen molar-refractivity contribution in [1.82, 2.24) is 5.32 Å². The summed E-state index contributed by atoms with van der Waals surface area (Å²) in [6.45, 7) is 0.492. The predicted octanol–water partition coefficient (Wildman–Crippen LogP) is 5.51. The van der Waals surface area contributed by atoms with Gasteiger partial charge in [-0.05, 0) is 35.9 Å². The van der Waals surface area contributed by atoms with Gasteiger partial charge in [-0.15, -0.1) is 0 Å². The fourth-order valence-corrected chi connectivity index (χ4v) is 4.51. The van der Waals surface area contributed by atoms with Gasteiger partial charge in [0.25, 0.3) is 5.91 Å². The standard InChI is InChI=1S/C23H19FN2OS2/c24-20-10-4-1-8-18(20)16-28-14-13-26-23(27)19-9-3-6-12-22(19)29-21-11-5-2-7-17(21)15-25/h1-12H,13-14,16H2,(H,26,27). The van der Waals surface area contributed by atoms with Gasteiger partial charge in [0.05, 0.1) is 11.1 Å². The highest BCUT2D eigenvalue weighted by Crippen LogP contribution is 2.32. The third kappa shape index (κ3) is 5.86. The summed E-state index contributed by atoms with van der Waals surface area (Å²) < 4.78 is 13.6. The number of carbonyl (C=O) groups is 1. The van der Waals surface area contributed by atoms with E-state index in [1.165, 1.54) is 17.8 Å². The van der Waals surface area contributed by atoms with Crippen molar-refractivity contribution in [2.45, 2.75) is 15.5 Å². The Morgan fingerprint density at radius 1 is 0.966 bits per heavy atom. The molecule has 0 fully saturated rings. The maximum atomic E-state index is 13.6. The Bertz CT molecular complexity index is 1030. The van der Waals surface area contributed by atoms with E-state index in [0.717, 1.165) is 9.79 Å². The molecule has 0 aromatic heterocycles. The fraction of sp³-hybridized carbons (Fsp3) is 0.130. The number of nitriles is 1. The first-order valence-electron chi connectivity index (χ1n) is 9.04. The second-order valence-corrected chi connectivity index (χ2v) is 8.30. The lowest BCUT2D eigenvalue weighted by Gasteiger charge is -2.11. The molecule has 0 heterocycles. The molecule has 0 aliphatic rings. The Kier molecular flexibility index (Phi) is 7.74. The Hall–Kier alpha value is -2.75. The van der Waals surface area contributed by atoms with E-state index in [-0.39, 0.29) is 11.7 Å². The van der Waals surface area contributed by atoms with Gasteiger partial charge < -0.3 is 5.32 Å². The molecule has 29 heavy (non-hydrogen) atoms. The number of hydrogen-bond donors (Lipinski definition) is 1. The lowest BCUT2D eigenvalue weighted by atomic mass is 10.2. The van der Waals surface area contributed by atoms with Crippen LogP contribution >= 0.6 is 23.5 Å². The van der Waals surface area contributed by atoms with E-state index in [1.807, 2.05) is 42.5 Å². The maximum Gasteiger partial charge on any atom is 0.252 e. The second-order valence-electron chi connectivity index (χ2n) is 6.11. The number of halogens is 1. The molecule has 146 valence electrons. The van der Waals surface area contributed by atoms with Crippen molar-refractivity contribution in [2.75, 3.05) is 12.3 Å². The van der Waals surface area contributed by atoms with Gasteiger partial charge in [0.1, 0.15) is 11.9 Å². The average molecular weight is 423 g/mol. The molecule has 0 aliphatic carbocycles. The van der Waals surface area contributed by atoms with E-state index in [9.17, 15) is 14.4 Å². The second kappa shape index (κ2) is 10.7. The van der Waals surface area contributed by atoms with E-state index < -0.39 is 0 Å². The minimum absolute atomic E-state index is 0.158. The normalized spacial score (nSPS) is 10.3. The zero-order valence-electron chi connectivity index (χ0n) is 15.6. The van der Waals surface area contributed by atoms with E-state index in [2.05, 4.69) is 11.4 Å². The van der Waals surface area contributed by atoms with Gasteiger partial charge in [-0.1, -0.05) is 54.2 Å². The summed E-state index contributed by atoms with van der Waals surface area (Å²) in [7, 11) is 0. The lowest BCUT2D eigenvalue weighted by molar-refractivity contribution is 0.0953. The largest absolute Gasteiger partial charge is 0.351 e. The number of thioether (sulfide) groups is 1. The fourth-order valence-electron chi connectivity index (χ4n) is 2.64. The summed E-state index contributed by atoms with van der Waals surface area (Å²) in [5, 5.41) is 12.2. The molecule has 3 aromatic rings. The van der Waals surface area contributed by atoms with Crippen LogP contribution in [0.25, 0.3) is 0 Å². The molecule has 3 aromatic carbocycles. The smallest absolute Gasteiger partial charge is 0.252 e. The molecule has 0 unspecified atom stereocenters. The number of amides is 1. The zero-order chi connectivity index (χ0) is 20.5. The van der Waals surface area contributed by atoms with Crippen LogP contribution in [0.4, 0.5) is 4.39 Å². The zero-order valence-corrected chi connectivity index (χ0v) is 17.2. The van der Waals surface area contributed by atoms with Crippen LogP contribution in [0.5, 0.6) is 0 Å². The van der Waals surface area contributed by atoms with Crippen molar-refractivity contribution >= 4 is 29.4 Å². The number of nitrogens with one attached hydrogen (secondary N) is 1. The van der Waals surface area contributed by atoms with Crippen molar-refractivity contribution in [3.63, 3.8) is 0 Å². The summed E-state index contributed by atoms with van der Waals surface area (Å²) in [6.07, 6.45) is 0. The van der Waals surface area contributed by atoms with Gasteiger partial charge >= 0.3 is 0 Å². The predicted molar refractivity (Wildman–Crippen MR) is 117 cm³/mol. The van der Waals surface area contributed by atoms with E-state index >= 15 is 0 Å². The summed E-state index contributed by atoms with van der Waals surface area (Å²) in [4.78, 5) is 14.3. The van der Waals surface area contributed by atoms with Gasteiger partial charge in [-0.2, -0.15) is 17.0 Å². The van der Waals surface area contributed by atoms with E-state index in [4.69, 9.17) is 0 Å². The molecule has 0 spiro atoms. The van der Waals surface area contributed by atoms with Crippen molar-refractivity contribution in [2.24, 2.45) is 0 Å². The van der Waals surface area contributed by atoms with Gasteiger partial charge in [0.15, 0.2) is 0 Å². The molecule has 0 atom stereocenters. The minimum atomic E-state index is -0.201. The molecule has 0 bridgehead atoms. The van der Waals surface area contributed by atoms with Crippen molar-refractivity contribution < 1.29 is 9.18 Å². The van der Waals surface area contributed by atoms with Gasteiger partial charge in [-0.3, -0.25) is 4.79 Å². The van der Waals surface area contributed by atoms with Crippen LogP contribution < -0.4 is 5.32 Å². The molecular formula is C23H19FN2OS2.